The van der Waals surface area contributed by atoms with Crippen LogP contribution in [0.1, 0.15) is 64.7 Å². The lowest BCUT2D eigenvalue weighted by atomic mass is 9.95. The lowest BCUT2D eigenvalue weighted by Gasteiger charge is -2.28. The van der Waals surface area contributed by atoms with Crippen LogP contribution in [0.2, 0.25) is 0 Å². The van der Waals surface area contributed by atoms with Gasteiger partial charge in [-0.25, -0.2) is 0 Å². The molecule has 0 N–H and O–H groups in total. The molecule has 1 heterocycles. The summed E-state index contributed by atoms with van der Waals surface area (Å²) in [5.74, 6) is 0. The largest absolute Gasteiger partial charge is 0.357 e. The topological polar surface area (TPSA) is 33.0 Å². The van der Waals surface area contributed by atoms with Crippen molar-refractivity contribution in [2.45, 2.75) is 76.4 Å². The van der Waals surface area contributed by atoms with Gasteiger partial charge >= 0.3 is 0 Å². The zero-order valence-corrected chi connectivity index (χ0v) is 11.1. The van der Waals surface area contributed by atoms with Gasteiger partial charge in [0.25, 0.3) is 0 Å². The van der Waals surface area contributed by atoms with E-state index in [1.54, 1.807) is 0 Å². The number of unbranched alkanes of at least 4 members (excludes halogenated alkanes) is 2. The number of rotatable bonds is 6. The van der Waals surface area contributed by atoms with Crippen molar-refractivity contribution in [2.24, 2.45) is 0 Å². The molecule has 1 fully saturated rings. The van der Waals surface area contributed by atoms with Crippen LogP contribution in [0.15, 0.2) is 12.7 Å². The van der Waals surface area contributed by atoms with E-state index in [0.29, 0.717) is 6.42 Å². The molecule has 0 unspecified atom stereocenters. The third-order valence-corrected chi connectivity index (χ3v) is 3.56. The van der Waals surface area contributed by atoms with E-state index in [1.807, 2.05) is 6.08 Å². The Balaban J connectivity index is 2.55. The third kappa shape index (κ3) is 4.52. The Hall–Kier alpha value is -0.810. The molecule has 0 radical (unpaired) electrons. The molecule has 0 aromatic heterocycles. The van der Waals surface area contributed by atoms with Gasteiger partial charge in [-0.15, -0.1) is 6.58 Å². The summed E-state index contributed by atoms with van der Waals surface area (Å²) in [5, 5.41) is 9.36. The van der Waals surface area contributed by atoms with Crippen molar-refractivity contribution in [1.82, 2.24) is 0 Å². The van der Waals surface area contributed by atoms with Crippen LogP contribution in [-0.2, 0) is 4.74 Å². The van der Waals surface area contributed by atoms with E-state index in [2.05, 4.69) is 19.6 Å². The number of nitrogens with zero attached hydrogens (tertiary/aromatic N) is 1. The molecule has 0 aromatic carbocycles. The molecule has 1 aliphatic rings. The molecule has 1 saturated heterocycles. The minimum absolute atomic E-state index is 0.281. The average Bonchev–Trinajstić information content (AvgIpc) is 2.53. The average molecular weight is 235 g/mol. The van der Waals surface area contributed by atoms with E-state index in [0.717, 1.165) is 25.7 Å². The number of hydrogen-bond acceptors (Lipinski definition) is 2. The molecule has 1 aliphatic heterocycles. The Morgan fingerprint density at radius 2 is 2.29 bits per heavy atom. The molecule has 2 atom stereocenters. The Labute approximate surface area is 106 Å². The Kier molecular flexibility index (Phi) is 6.29. The van der Waals surface area contributed by atoms with E-state index >= 15 is 0 Å². The van der Waals surface area contributed by atoms with Gasteiger partial charge < -0.3 is 4.74 Å². The summed E-state index contributed by atoms with van der Waals surface area (Å²) in [6, 6.07) is 2.39. The van der Waals surface area contributed by atoms with Gasteiger partial charge in [0.1, 0.15) is 0 Å². The first-order chi connectivity index (χ1) is 8.26. The predicted octanol–water partition coefficient (Wildman–Crippen LogP) is 4.36. The quantitative estimate of drug-likeness (QED) is 0.506. The van der Waals surface area contributed by atoms with E-state index < -0.39 is 5.60 Å². The van der Waals surface area contributed by atoms with Gasteiger partial charge in [-0.3, -0.25) is 0 Å². The third-order valence-electron chi connectivity index (χ3n) is 3.56. The Morgan fingerprint density at radius 3 is 2.94 bits per heavy atom. The van der Waals surface area contributed by atoms with Crippen molar-refractivity contribution >= 4 is 0 Å². The van der Waals surface area contributed by atoms with Crippen molar-refractivity contribution in [3.05, 3.63) is 12.7 Å². The van der Waals surface area contributed by atoms with Crippen molar-refractivity contribution in [3.8, 4) is 6.07 Å². The second-order valence-corrected chi connectivity index (χ2v) is 5.08. The minimum atomic E-state index is -0.588. The highest BCUT2D eigenvalue weighted by molar-refractivity contribution is 5.06. The SMILES string of the molecule is C=CC[C@@]1(C#N)CCCC[C@H](CCCCC)O1. The van der Waals surface area contributed by atoms with Gasteiger partial charge in [-0.2, -0.15) is 5.26 Å². The lowest BCUT2D eigenvalue weighted by molar-refractivity contribution is -0.0570. The molecule has 0 aliphatic carbocycles. The summed E-state index contributed by atoms with van der Waals surface area (Å²) in [4.78, 5) is 0. The summed E-state index contributed by atoms with van der Waals surface area (Å²) in [5.41, 5.74) is -0.588. The monoisotopic (exact) mass is 235 g/mol. The Morgan fingerprint density at radius 1 is 1.47 bits per heavy atom. The molecular formula is C15H25NO. The molecule has 0 aromatic rings. The molecule has 2 nitrogen and oxygen atoms in total. The first-order valence-corrected chi connectivity index (χ1v) is 6.96. The normalized spacial score (nSPS) is 29.3. The van der Waals surface area contributed by atoms with E-state index in [1.165, 1.54) is 25.7 Å². The van der Waals surface area contributed by atoms with Crippen LogP contribution in [0, 0.1) is 11.3 Å². The van der Waals surface area contributed by atoms with Gasteiger partial charge in [0.2, 0.25) is 0 Å². The summed E-state index contributed by atoms with van der Waals surface area (Å²) in [6.07, 6.45) is 11.9. The number of nitriles is 1. The smallest absolute Gasteiger partial charge is 0.157 e. The molecule has 0 spiro atoms. The highest BCUT2D eigenvalue weighted by Gasteiger charge is 2.34. The van der Waals surface area contributed by atoms with E-state index in [-0.39, 0.29) is 6.10 Å². The molecule has 96 valence electrons. The molecule has 0 saturated carbocycles. The second-order valence-electron chi connectivity index (χ2n) is 5.08. The van der Waals surface area contributed by atoms with Crippen molar-refractivity contribution < 1.29 is 4.74 Å². The van der Waals surface area contributed by atoms with Crippen molar-refractivity contribution in [3.63, 3.8) is 0 Å². The fourth-order valence-corrected chi connectivity index (χ4v) is 2.56. The maximum absolute atomic E-state index is 9.36. The second kappa shape index (κ2) is 7.50. The van der Waals surface area contributed by atoms with Gasteiger partial charge in [0.15, 0.2) is 5.60 Å². The van der Waals surface area contributed by atoms with Crippen molar-refractivity contribution in [2.75, 3.05) is 0 Å². The minimum Gasteiger partial charge on any atom is -0.357 e. The number of hydrogen-bond donors (Lipinski definition) is 0. The Bertz CT molecular complexity index is 269. The summed E-state index contributed by atoms with van der Waals surface area (Å²) >= 11 is 0. The molecule has 2 heteroatoms. The van der Waals surface area contributed by atoms with Crippen LogP contribution in [0.4, 0.5) is 0 Å². The highest BCUT2D eigenvalue weighted by atomic mass is 16.5. The van der Waals surface area contributed by atoms with Crippen LogP contribution >= 0.6 is 0 Å². The molecule has 0 bridgehead atoms. The standard InChI is InChI=1S/C15H25NO/c1-3-5-6-9-14-10-7-8-12-15(13-16,17-14)11-4-2/h4,14H,2-3,5-12H2,1H3/t14-,15-/m0/s1. The zero-order chi connectivity index (χ0) is 12.6. The van der Waals surface area contributed by atoms with Crippen molar-refractivity contribution in [1.29, 1.82) is 5.26 Å². The van der Waals surface area contributed by atoms with Crippen LogP contribution in [0.3, 0.4) is 0 Å². The van der Waals surface area contributed by atoms with Gasteiger partial charge in [0.05, 0.1) is 12.2 Å². The molecule has 1 rings (SSSR count). The highest BCUT2D eigenvalue weighted by Crippen LogP contribution is 2.32. The van der Waals surface area contributed by atoms with Gasteiger partial charge in [0, 0.05) is 6.42 Å². The van der Waals surface area contributed by atoms with Crippen LogP contribution in [0.5, 0.6) is 0 Å². The molecule has 17 heavy (non-hydrogen) atoms. The van der Waals surface area contributed by atoms with Crippen LogP contribution in [0.25, 0.3) is 0 Å². The predicted molar refractivity (Wildman–Crippen MR) is 70.6 cm³/mol. The fourth-order valence-electron chi connectivity index (χ4n) is 2.56. The van der Waals surface area contributed by atoms with Gasteiger partial charge in [-0.05, 0) is 25.7 Å². The van der Waals surface area contributed by atoms with Crippen LogP contribution < -0.4 is 0 Å². The number of ether oxygens (including phenoxy) is 1. The van der Waals surface area contributed by atoms with E-state index in [4.69, 9.17) is 4.74 Å². The zero-order valence-electron chi connectivity index (χ0n) is 11.1. The summed E-state index contributed by atoms with van der Waals surface area (Å²) < 4.78 is 6.10. The molecular weight excluding hydrogens is 210 g/mol. The summed E-state index contributed by atoms with van der Waals surface area (Å²) in [6.45, 7) is 5.96. The first-order valence-electron chi connectivity index (χ1n) is 6.96. The first kappa shape index (κ1) is 14.3. The van der Waals surface area contributed by atoms with Crippen LogP contribution in [-0.4, -0.2) is 11.7 Å². The van der Waals surface area contributed by atoms with Gasteiger partial charge in [-0.1, -0.05) is 38.7 Å². The molecule has 0 amide bonds. The summed E-state index contributed by atoms with van der Waals surface area (Å²) in [7, 11) is 0. The van der Waals surface area contributed by atoms with E-state index in [9.17, 15) is 5.26 Å². The lowest BCUT2D eigenvalue weighted by Crippen LogP contribution is -2.33. The maximum atomic E-state index is 9.36. The fraction of sp³-hybridized carbons (Fsp3) is 0.800. The maximum Gasteiger partial charge on any atom is 0.157 e.